The zero-order chi connectivity index (χ0) is 15.1. The average molecular weight is 296 g/mol. The van der Waals surface area contributed by atoms with E-state index in [0.29, 0.717) is 17.1 Å². The van der Waals surface area contributed by atoms with E-state index in [9.17, 15) is 5.11 Å². The van der Waals surface area contributed by atoms with Crippen LogP contribution >= 0.6 is 0 Å². The third-order valence-corrected chi connectivity index (χ3v) is 7.92. The van der Waals surface area contributed by atoms with Crippen molar-refractivity contribution in [3.05, 3.63) is 28.3 Å². The van der Waals surface area contributed by atoms with Crippen LogP contribution in [-0.4, -0.2) is 5.11 Å². The van der Waals surface area contributed by atoms with Crippen LogP contribution in [0.3, 0.4) is 0 Å². The predicted molar refractivity (Wildman–Crippen MR) is 89.5 cm³/mol. The Morgan fingerprint density at radius 1 is 1.14 bits per heavy atom. The Hall–Kier alpha value is -0.980. The first-order valence-electron chi connectivity index (χ1n) is 9.46. The number of phenols is 1. The van der Waals surface area contributed by atoms with Gasteiger partial charge in [-0.05, 0) is 102 Å². The molecule has 1 aromatic rings. The number of aromatic hydroxyl groups is 1. The van der Waals surface area contributed by atoms with Gasteiger partial charge < -0.3 is 5.11 Å². The van der Waals surface area contributed by atoms with Crippen LogP contribution in [0.5, 0.6) is 5.75 Å². The van der Waals surface area contributed by atoms with Gasteiger partial charge >= 0.3 is 0 Å². The first-order chi connectivity index (χ1) is 10.6. The molecule has 5 rings (SSSR count). The topological polar surface area (TPSA) is 20.2 Å². The Morgan fingerprint density at radius 2 is 2.00 bits per heavy atom. The molecule has 4 aliphatic carbocycles. The molecule has 1 heteroatoms. The third-order valence-electron chi connectivity index (χ3n) is 7.92. The van der Waals surface area contributed by atoms with E-state index >= 15 is 0 Å². The largest absolute Gasteiger partial charge is 0.508 e. The van der Waals surface area contributed by atoms with E-state index in [-0.39, 0.29) is 0 Å². The molecular weight excluding hydrogens is 268 g/mol. The van der Waals surface area contributed by atoms with Crippen molar-refractivity contribution in [3.63, 3.8) is 0 Å². The molecule has 1 unspecified atom stereocenters. The highest BCUT2D eigenvalue weighted by molar-refractivity contribution is 5.58. The van der Waals surface area contributed by atoms with Gasteiger partial charge in [0.1, 0.15) is 5.75 Å². The van der Waals surface area contributed by atoms with Gasteiger partial charge in [0.25, 0.3) is 0 Å². The maximum absolute atomic E-state index is 10.3. The highest BCUT2D eigenvalue weighted by Crippen LogP contribution is 2.62. The van der Waals surface area contributed by atoms with Crippen molar-refractivity contribution in [3.8, 4) is 5.75 Å². The molecule has 2 saturated carbocycles. The normalized spacial score (nSPS) is 41.9. The standard InChI is InChI=1S/C21H28O/c1-12-10-16-18(22)11-13-5-6-14-15(20(13)19(12)16)7-9-21(2)8-3-4-17(14)21/h11-12,14-15,17,22H,3-10H2,1-2H3/t12?,14-,15+,17+,21+/m1/s1. The van der Waals surface area contributed by atoms with Crippen LogP contribution in [-0.2, 0) is 12.8 Å². The summed E-state index contributed by atoms with van der Waals surface area (Å²) in [5.74, 6) is 3.96. The summed E-state index contributed by atoms with van der Waals surface area (Å²) < 4.78 is 0. The van der Waals surface area contributed by atoms with Crippen LogP contribution in [0.25, 0.3) is 0 Å². The fourth-order valence-corrected chi connectivity index (χ4v) is 6.87. The SMILES string of the molecule is CC1Cc2c(O)cc3c(c21)[C@H]1CC[C@]2(C)CCC[C@H]2[C@@H]1CC3. The van der Waals surface area contributed by atoms with Gasteiger partial charge in [0.2, 0.25) is 0 Å². The molecule has 1 N–H and O–H groups in total. The first-order valence-corrected chi connectivity index (χ1v) is 9.46. The number of hydrogen-bond acceptors (Lipinski definition) is 1. The summed E-state index contributed by atoms with van der Waals surface area (Å²) in [6.07, 6.45) is 10.9. The molecule has 0 spiro atoms. The predicted octanol–water partition coefficient (Wildman–Crippen LogP) is 5.30. The summed E-state index contributed by atoms with van der Waals surface area (Å²) in [4.78, 5) is 0. The number of fused-ring (bicyclic) bond motifs is 7. The fraction of sp³-hybridized carbons (Fsp3) is 0.714. The van der Waals surface area contributed by atoms with Gasteiger partial charge in [-0.25, -0.2) is 0 Å². The molecule has 1 aromatic carbocycles. The quantitative estimate of drug-likeness (QED) is 0.689. The van der Waals surface area contributed by atoms with E-state index in [1.807, 2.05) is 0 Å². The maximum Gasteiger partial charge on any atom is 0.119 e. The summed E-state index contributed by atoms with van der Waals surface area (Å²) in [5.41, 5.74) is 6.69. The second-order valence-electron chi connectivity index (χ2n) is 8.97. The molecule has 22 heavy (non-hydrogen) atoms. The molecule has 4 aliphatic rings. The number of hydrogen-bond donors (Lipinski definition) is 1. The van der Waals surface area contributed by atoms with Crippen molar-refractivity contribution >= 4 is 0 Å². The zero-order valence-electron chi connectivity index (χ0n) is 14.0. The number of aryl methyl sites for hydroxylation is 1. The number of benzene rings is 1. The fourth-order valence-electron chi connectivity index (χ4n) is 6.87. The van der Waals surface area contributed by atoms with Crippen LogP contribution in [0.2, 0.25) is 0 Å². The molecule has 2 fully saturated rings. The Bertz CT molecular complexity index is 646. The zero-order valence-corrected chi connectivity index (χ0v) is 14.0. The van der Waals surface area contributed by atoms with Gasteiger partial charge in [0.15, 0.2) is 0 Å². The third kappa shape index (κ3) is 1.56. The minimum Gasteiger partial charge on any atom is -0.508 e. The lowest BCUT2D eigenvalue weighted by Crippen LogP contribution is -2.40. The van der Waals surface area contributed by atoms with Crippen molar-refractivity contribution in [2.24, 2.45) is 17.3 Å². The Labute approximate surface area is 134 Å². The maximum atomic E-state index is 10.3. The highest BCUT2D eigenvalue weighted by atomic mass is 16.3. The summed E-state index contributed by atoms with van der Waals surface area (Å²) in [6.45, 7) is 4.93. The average Bonchev–Trinajstić information content (AvgIpc) is 2.88. The van der Waals surface area contributed by atoms with Gasteiger partial charge in [-0.1, -0.05) is 20.3 Å². The Balaban J connectivity index is 1.62. The van der Waals surface area contributed by atoms with Gasteiger partial charge in [-0.15, -0.1) is 0 Å². The van der Waals surface area contributed by atoms with Crippen LogP contribution in [0, 0.1) is 17.3 Å². The van der Waals surface area contributed by atoms with Crippen LogP contribution in [0.1, 0.15) is 86.5 Å². The Kier molecular flexibility index (Phi) is 2.63. The first kappa shape index (κ1) is 13.5. The molecule has 0 aliphatic heterocycles. The van der Waals surface area contributed by atoms with E-state index < -0.39 is 0 Å². The summed E-state index contributed by atoms with van der Waals surface area (Å²) in [7, 11) is 0. The second kappa shape index (κ2) is 4.30. The minimum absolute atomic E-state index is 0.590. The van der Waals surface area contributed by atoms with E-state index in [2.05, 4.69) is 19.9 Å². The van der Waals surface area contributed by atoms with Gasteiger partial charge in [0.05, 0.1) is 0 Å². The van der Waals surface area contributed by atoms with Crippen molar-refractivity contribution in [2.75, 3.05) is 0 Å². The smallest absolute Gasteiger partial charge is 0.119 e. The molecule has 0 saturated heterocycles. The molecule has 0 amide bonds. The molecular formula is C21H28O. The molecule has 118 valence electrons. The highest BCUT2D eigenvalue weighted by Gasteiger charge is 2.51. The molecule has 5 atom stereocenters. The lowest BCUT2D eigenvalue weighted by atomic mass is 9.54. The lowest BCUT2D eigenvalue weighted by molar-refractivity contribution is 0.0591. The molecule has 0 bridgehead atoms. The summed E-state index contributed by atoms with van der Waals surface area (Å²) in [6, 6.07) is 2.12. The molecule has 1 nitrogen and oxygen atoms in total. The van der Waals surface area contributed by atoms with Crippen LogP contribution in [0.4, 0.5) is 0 Å². The van der Waals surface area contributed by atoms with Crippen molar-refractivity contribution < 1.29 is 5.11 Å². The van der Waals surface area contributed by atoms with Crippen molar-refractivity contribution in [1.82, 2.24) is 0 Å². The number of rotatable bonds is 0. The van der Waals surface area contributed by atoms with E-state index in [1.54, 1.807) is 11.1 Å². The van der Waals surface area contributed by atoms with Gasteiger partial charge in [-0.2, -0.15) is 0 Å². The molecule has 0 aromatic heterocycles. The lowest BCUT2D eigenvalue weighted by Gasteiger charge is -2.51. The monoisotopic (exact) mass is 296 g/mol. The van der Waals surface area contributed by atoms with E-state index in [4.69, 9.17) is 0 Å². The van der Waals surface area contributed by atoms with Crippen molar-refractivity contribution in [1.29, 1.82) is 0 Å². The number of phenolic OH excluding ortho intramolecular Hbond substituents is 1. The van der Waals surface area contributed by atoms with Gasteiger partial charge in [0, 0.05) is 0 Å². The van der Waals surface area contributed by atoms with Crippen molar-refractivity contribution in [2.45, 2.75) is 77.0 Å². The Morgan fingerprint density at radius 3 is 2.82 bits per heavy atom. The molecule has 0 heterocycles. The van der Waals surface area contributed by atoms with E-state index in [1.165, 1.54) is 56.1 Å². The summed E-state index contributed by atoms with van der Waals surface area (Å²) in [5, 5.41) is 10.3. The second-order valence-corrected chi connectivity index (χ2v) is 8.97. The van der Waals surface area contributed by atoms with E-state index in [0.717, 1.165) is 24.2 Å². The van der Waals surface area contributed by atoms with Crippen LogP contribution in [0.15, 0.2) is 6.07 Å². The van der Waals surface area contributed by atoms with Crippen LogP contribution < -0.4 is 0 Å². The minimum atomic E-state index is 0.590. The van der Waals surface area contributed by atoms with Gasteiger partial charge in [-0.3, -0.25) is 0 Å². The molecule has 0 radical (unpaired) electrons. The summed E-state index contributed by atoms with van der Waals surface area (Å²) >= 11 is 0.